The second-order valence-corrected chi connectivity index (χ2v) is 4.95. The highest BCUT2D eigenvalue weighted by Crippen LogP contribution is 2.39. The molecule has 0 bridgehead atoms. The Balaban J connectivity index is 1.71. The Kier molecular flexibility index (Phi) is 2.74. The van der Waals surface area contributed by atoms with Crippen molar-refractivity contribution in [2.75, 3.05) is 11.9 Å². The van der Waals surface area contributed by atoms with Crippen LogP contribution in [-0.4, -0.2) is 23.7 Å². The first-order valence-electron chi connectivity index (χ1n) is 5.83. The predicted octanol–water partition coefficient (Wildman–Crippen LogP) is 2.71. The van der Waals surface area contributed by atoms with E-state index in [2.05, 4.69) is 10.3 Å². The van der Waals surface area contributed by atoms with Crippen LogP contribution in [-0.2, 0) is 4.74 Å². The van der Waals surface area contributed by atoms with Crippen LogP contribution in [0, 0.1) is 5.92 Å². The van der Waals surface area contributed by atoms with Crippen molar-refractivity contribution in [1.82, 2.24) is 4.98 Å². The maximum Gasteiger partial charge on any atom is 0.145 e. The zero-order chi connectivity index (χ0) is 11.0. The number of halogens is 1. The molecule has 2 atom stereocenters. The summed E-state index contributed by atoms with van der Waals surface area (Å²) in [7, 11) is 0. The number of pyridine rings is 1. The Bertz CT molecular complexity index is 381. The van der Waals surface area contributed by atoms with Gasteiger partial charge in [-0.2, -0.15) is 0 Å². The fourth-order valence-corrected chi connectivity index (χ4v) is 2.50. The molecule has 16 heavy (non-hydrogen) atoms. The largest absolute Gasteiger partial charge is 0.376 e. The van der Waals surface area contributed by atoms with Gasteiger partial charge in [-0.05, 0) is 37.3 Å². The molecular formula is C12H15ClN2O. The smallest absolute Gasteiger partial charge is 0.145 e. The predicted molar refractivity (Wildman–Crippen MR) is 63.7 cm³/mol. The van der Waals surface area contributed by atoms with Crippen molar-refractivity contribution >= 4 is 17.4 Å². The Morgan fingerprint density at radius 2 is 2.25 bits per heavy atom. The number of hydrogen-bond acceptors (Lipinski definition) is 3. The summed E-state index contributed by atoms with van der Waals surface area (Å²) in [5.74, 6) is 1.54. The molecule has 1 N–H and O–H groups in total. The second-order valence-electron chi connectivity index (χ2n) is 4.55. The molecule has 2 heterocycles. The van der Waals surface area contributed by atoms with E-state index >= 15 is 0 Å². The van der Waals surface area contributed by atoms with Gasteiger partial charge in [0.1, 0.15) is 5.82 Å². The molecule has 2 unspecified atom stereocenters. The van der Waals surface area contributed by atoms with Crippen LogP contribution >= 0.6 is 11.6 Å². The van der Waals surface area contributed by atoms with E-state index in [0.717, 1.165) is 24.8 Å². The van der Waals surface area contributed by atoms with Crippen LogP contribution in [0.5, 0.6) is 0 Å². The quantitative estimate of drug-likeness (QED) is 0.879. The lowest BCUT2D eigenvalue weighted by atomic mass is 10.1. The molecule has 1 aliphatic carbocycles. The summed E-state index contributed by atoms with van der Waals surface area (Å²) in [6.07, 6.45) is 5.78. The standard InChI is InChI=1S/C12H15ClN2O/c13-9-2-1-6-14-12(9)15-10-5-7-16-11(10)8-3-4-8/h1-2,6,8,10-11H,3-5,7H2,(H,14,15). The first-order chi connectivity index (χ1) is 7.84. The summed E-state index contributed by atoms with van der Waals surface area (Å²) in [5, 5.41) is 4.10. The van der Waals surface area contributed by atoms with Crippen molar-refractivity contribution in [3.8, 4) is 0 Å². The van der Waals surface area contributed by atoms with E-state index in [4.69, 9.17) is 16.3 Å². The minimum absolute atomic E-state index is 0.359. The molecule has 0 spiro atoms. The van der Waals surface area contributed by atoms with Crippen molar-refractivity contribution in [3.05, 3.63) is 23.4 Å². The van der Waals surface area contributed by atoms with Crippen molar-refractivity contribution in [3.63, 3.8) is 0 Å². The minimum Gasteiger partial charge on any atom is -0.376 e. The van der Waals surface area contributed by atoms with Crippen LogP contribution < -0.4 is 5.32 Å². The highest BCUT2D eigenvalue weighted by Gasteiger charge is 2.40. The first kappa shape index (κ1) is 10.4. The zero-order valence-electron chi connectivity index (χ0n) is 9.03. The molecule has 0 aromatic carbocycles. The van der Waals surface area contributed by atoms with Crippen LogP contribution in [0.1, 0.15) is 19.3 Å². The number of aromatic nitrogens is 1. The molecular weight excluding hydrogens is 224 g/mol. The molecule has 1 aromatic heterocycles. The number of rotatable bonds is 3. The number of ether oxygens (including phenoxy) is 1. The Hall–Kier alpha value is -0.800. The Morgan fingerprint density at radius 1 is 1.38 bits per heavy atom. The van der Waals surface area contributed by atoms with Gasteiger partial charge in [0.05, 0.1) is 17.2 Å². The summed E-state index contributed by atoms with van der Waals surface area (Å²) in [4.78, 5) is 4.26. The lowest BCUT2D eigenvalue weighted by molar-refractivity contribution is 0.0898. The SMILES string of the molecule is Clc1cccnc1NC1CCOC1C1CC1. The van der Waals surface area contributed by atoms with Crippen molar-refractivity contribution < 1.29 is 4.74 Å². The minimum atomic E-state index is 0.359. The summed E-state index contributed by atoms with van der Waals surface area (Å²) in [6.45, 7) is 0.850. The lowest BCUT2D eigenvalue weighted by Crippen LogP contribution is -2.31. The van der Waals surface area contributed by atoms with Crippen LogP contribution in [0.15, 0.2) is 18.3 Å². The van der Waals surface area contributed by atoms with Gasteiger partial charge in [-0.25, -0.2) is 4.98 Å². The van der Waals surface area contributed by atoms with E-state index in [1.807, 2.05) is 12.1 Å². The van der Waals surface area contributed by atoms with Gasteiger partial charge in [0, 0.05) is 12.8 Å². The third kappa shape index (κ3) is 2.02. The topological polar surface area (TPSA) is 34.2 Å². The average molecular weight is 239 g/mol. The van der Waals surface area contributed by atoms with E-state index < -0.39 is 0 Å². The molecule has 3 nitrogen and oxygen atoms in total. The third-order valence-corrected chi connectivity index (χ3v) is 3.61. The summed E-state index contributed by atoms with van der Waals surface area (Å²) < 4.78 is 5.77. The van der Waals surface area contributed by atoms with Gasteiger partial charge in [0.15, 0.2) is 0 Å². The third-order valence-electron chi connectivity index (χ3n) is 3.30. The van der Waals surface area contributed by atoms with Gasteiger partial charge in [-0.1, -0.05) is 11.6 Å². The van der Waals surface area contributed by atoms with E-state index in [9.17, 15) is 0 Å². The number of nitrogens with one attached hydrogen (secondary N) is 1. The fourth-order valence-electron chi connectivity index (χ4n) is 2.32. The molecule has 2 fully saturated rings. The van der Waals surface area contributed by atoms with Crippen LogP contribution in [0.3, 0.4) is 0 Å². The van der Waals surface area contributed by atoms with Crippen LogP contribution in [0.4, 0.5) is 5.82 Å². The molecule has 4 heteroatoms. The molecule has 1 aliphatic heterocycles. The summed E-state index contributed by atoms with van der Waals surface area (Å²) in [5.41, 5.74) is 0. The molecule has 0 radical (unpaired) electrons. The lowest BCUT2D eigenvalue weighted by Gasteiger charge is -2.20. The van der Waals surface area contributed by atoms with Crippen molar-refractivity contribution in [1.29, 1.82) is 0 Å². The molecule has 3 rings (SSSR count). The van der Waals surface area contributed by atoms with Gasteiger partial charge < -0.3 is 10.1 Å². The van der Waals surface area contributed by atoms with Crippen molar-refractivity contribution in [2.45, 2.75) is 31.4 Å². The van der Waals surface area contributed by atoms with E-state index in [1.165, 1.54) is 12.8 Å². The second kappa shape index (κ2) is 4.22. The van der Waals surface area contributed by atoms with Gasteiger partial charge in [0.25, 0.3) is 0 Å². The Morgan fingerprint density at radius 3 is 3.00 bits per heavy atom. The zero-order valence-corrected chi connectivity index (χ0v) is 9.78. The van der Waals surface area contributed by atoms with Gasteiger partial charge in [0.2, 0.25) is 0 Å². The maximum absolute atomic E-state index is 6.08. The number of nitrogens with zero attached hydrogens (tertiary/aromatic N) is 1. The van der Waals surface area contributed by atoms with E-state index in [1.54, 1.807) is 6.20 Å². The van der Waals surface area contributed by atoms with Crippen LogP contribution in [0.2, 0.25) is 5.02 Å². The Labute approximate surface area is 100 Å². The number of anilines is 1. The molecule has 1 saturated carbocycles. The van der Waals surface area contributed by atoms with E-state index in [0.29, 0.717) is 17.2 Å². The first-order valence-corrected chi connectivity index (χ1v) is 6.21. The van der Waals surface area contributed by atoms with Crippen LogP contribution in [0.25, 0.3) is 0 Å². The average Bonchev–Trinajstić information content (AvgIpc) is 3.03. The van der Waals surface area contributed by atoms with Crippen molar-refractivity contribution in [2.24, 2.45) is 5.92 Å². The molecule has 86 valence electrons. The molecule has 2 aliphatic rings. The molecule has 0 amide bonds. The normalized spacial score (nSPS) is 29.3. The monoisotopic (exact) mass is 238 g/mol. The molecule has 1 saturated heterocycles. The fraction of sp³-hybridized carbons (Fsp3) is 0.583. The van der Waals surface area contributed by atoms with E-state index in [-0.39, 0.29) is 0 Å². The molecule has 1 aromatic rings. The maximum atomic E-state index is 6.08. The summed E-state index contributed by atoms with van der Waals surface area (Å²) >= 11 is 6.08. The summed E-state index contributed by atoms with van der Waals surface area (Å²) in [6, 6.07) is 4.08. The van der Waals surface area contributed by atoms with Gasteiger partial charge >= 0.3 is 0 Å². The number of hydrogen-bond donors (Lipinski definition) is 1. The highest BCUT2D eigenvalue weighted by atomic mass is 35.5. The highest BCUT2D eigenvalue weighted by molar-refractivity contribution is 6.32. The van der Waals surface area contributed by atoms with Gasteiger partial charge in [-0.3, -0.25) is 0 Å². The van der Waals surface area contributed by atoms with Gasteiger partial charge in [-0.15, -0.1) is 0 Å².